The first-order valence-electron chi connectivity index (χ1n) is 8.01. The SMILES string of the molecule is CCC[C@@H](N)c1nc(C2CCC(C(C)(C)C)CC2)no1. The largest absolute Gasteiger partial charge is 0.338 e. The molecule has 2 N–H and O–H groups in total. The number of hydrogen-bond donors (Lipinski definition) is 1. The van der Waals surface area contributed by atoms with Crippen molar-refractivity contribution in [1.29, 1.82) is 0 Å². The standard InChI is InChI=1S/C16H29N3O/c1-5-6-13(17)15-18-14(19-20-15)11-7-9-12(10-8-11)16(2,3)4/h11-13H,5-10,17H2,1-4H3/t11?,12?,13-/m1/s1. The van der Waals surface area contributed by atoms with Crippen molar-refractivity contribution < 1.29 is 4.52 Å². The molecule has 0 radical (unpaired) electrons. The minimum Gasteiger partial charge on any atom is -0.338 e. The zero-order valence-electron chi connectivity index (χ0n) is 13.4. The van der Waals surface area contributed by atoms with Gasteiger partial charge in [0.1, 0.15) is 0 Å². The molecule has 1 aromatic rings. The van der Waals surface area contributed by atoms with Gasteiger partial charge >= 0.3 is 0 Å². The Kier molecular flexibility index (Phi) is 4.84. The van der Waals surface area contributed by atoms with Crippen molar-refractivity contribution >= 4 is 0 Å². The van der Waals surface area contributed by atoms with Gasteiger partial charge in [-0.3, -0.25) is 0 Å². The van der Waals surface area contributed by atoms with Crippen LogP contribution in [0.15, 0.2) is 4.52 Å². The van der Waals surface area contributed by atoms with E-state index in [9.17, 15) is 0 Å². The van der Waals surface area contributed by atoms with Crippen molar-refractivity contribution in [2.24, 2.45) is 17.1 Å². The molecule has 0 spiro atoms. The van der Waals surface area contributed by atoms with Crippen LogP contribution in [0.2, 0.25) is 0 Å². The van der Waals surface area contributed by atoms with Gasteiger partial charge in [0.15, 0.2) is 5.82 Å². The second-order valence-corrected chi connectivity index (χ2v) is 7.30. The van der Waals surface area contributed by atoms with E-state index in [4.69, 9.17) is 10.3 Å². The Morgan fingerprint density at radius 1 is 1.25 bits per heavy atom. The Bertz CT molecular complexity index is 414. The highest BCUT2D eigenvalue weighted by Crippen LogP contribution is 2.42. The van der Waals surface area contributed by atoms with E-state index in [1.54, 1.807) is 0 Å². The average Bonchev–Trinajstić information content (AvgIpc) is 2.88. The normalized spacial score (nSPS) is 25.6. The Balaban J connectivity index is 1.94. The maximum atomic E-state index is 6.03. The van der Waals surface area contributed by atoms with Crippen molar-refractivity contribution in [1.82, 2.24) is 10.1 Å². The van der Waals surface area contributed by atoms with Crippen molar-refractivity contribution in [3.05, 3.63) is 11.7 Å². The molecule has 4 heteroatoms. The van der Waals surface area contributed by atoms with E-state index in [-0.39, 0.29) is 6.04 Å². The van der Waals surface area contributed by atoms with Gasteiger partial charge in [0.05, 0.1) is 6.04 Å². The van der Waals surface area contributed by atoms with E-state index in [0.29, 0.717) is 17.2 Å². The summed E-state index contributed by atoms with van der Waals surface area (Å²) < 4.78 is 5.34. The van der Waals surface area contributed by atoms with Gasteiger partial charge in [0.25, 0.3) is 0 Å². The minimum atomic E-state index is -0.104. The van der Waals surface area contributed by atoms with Gasteiger partial charge in [-0.1, -0.05) is 39.3 Å². The number of nitrogens with two attached hydrogens (primary N) is 1. The van der Waals surface area contributed by atoms with Gasteiger partial charge in [-0.05, 0) is 43.4 Å². The minimum absolute atomic E-state index is 0.104. The smallest absolute Gasteiger partial charge is 0.243 e. The first-order chi connectivity index (χ1) is 9.41. The Labute approximate surface area is 122 Å². The highest BCUT2D eigenvalue weighted by molar-refractivity contribution is 5.00. The average molecular weight is 279 g/mol. The number of aromatic nitrogens is 2. The van der Waals surface area contributed by atoms with Crippen LogP contribution in [0.3, 0.4) is 0 Å². The molecule has 2 rings (SSSR count). The fraction of sp³-hybridized carbons (Fsp3) is 0.875. The Morgan fingerprint density at radius 3 is 2.45 bits per heavy atom. The summed E-state index contributed by atoms with van der Waals surface area (Å²) in [5.41, 5.74) is 6.44. The lowest BCUT2D eigenvalue weighted by Gasteiger charge is -2.36. The van der Waals surface area contributed by atoms with Crippen LogP contribution in [0.1, 0.15) is 89.9 Å². The third-order valence-electron chi connectivity index (χ3n) is 4.69. The second kappa shape index (κ2) is 6.25. The van der Waals surface area contributed by atoms with E-state index in [0.717, 1.165) is 24.6 Å². The van der Waals surface area contributed by atoms with Crippen LogP contribution >= 0.6 is 0 Å². The molecule has 0 aromatic carbocycles. The summed E-state index contributed by atoms with van der Waals surface area (Å²) in [6.45, 7) is 9.14. The molecule has 1 fully saturated rings. The van der Waals surface area contributed by atoms with E-state index < -0.39 is 0 Å². The molecule has 1 aromatic heterocycles. The molecule has 1 aliphatic rings. The number of rotatable bonds is 4. The van der Waals surface area contributed by atoms with E-state index in [1.165, 1.54) is 25.7 Å². The van der Waals surface area contributed by atoms with E-state index >= 15 is 0 Å². The van der Waals surface area contributed by atoms with Crippen LogP contribution in [0.4, 0.5) is 0 Å². The summed E-state index contributed by atoms with van der Waals surface area (Å²) in [7, 11) is 0. The maximum Gasteiger partial charge on any atom is 0.243 e. The molecule has 0 saturated heterocycles. The molecular formula is C16H29N3O. The van der Waals surface area contributed by atoms with Crippen LogP contribution in [0.5, 0.6) is 0 Å². The topological polar surface area (TPSA) is 64.9 Å². The van der Waals surface area contributed by atoms with E-state index in [2.05, 4.69) is 37.8 Å². The molecule has 0 unspecified atom stereocenters. The predicted octanol–water partition coefficient (Wildman–Crippen LogP) is 4.19. The van der Waals surface area contributed by atoms with Crippen molar-refractivity contribution in [2.75, 3.05) is 0 Å². The van der Waals surface area contributed by atoms with Gasteiger partial charge in [-0.25, -0.2) is 0 Å². The van der Waals surface area contributed by atoms with Crippen molar-refractivity contribution in [2.45, 2.75) is 78.2 Å². The summed E-state index contributed by atoms with van der Waals surface area (Å²) in [5.74, 6) is 2.76. The van der Waals surface area contributed by atoms with Gasteiger partial charge < -0.3 is 10.3 Å². The van der Waals surface area contributed by atoms with E-state index in [1.807, 2.05) is 0 Å². The number of hydrogen-bond acceptors (Lipinski definition) is 4. The van der Waals surface area contributed by atoms with Gasteiger partial charge in [-0.15, -0.1) is 0 Å². The molecular weight excluding hydrogens is 250 g/mol. The molecule has 1 saturated carbocycles. The lowest BCUT2D eigenvalue weighted by atomic mass is 9.70. The zero-order valence-corrected chi connectivity index (χ0v) is 13.4. The highest BCUT2D eigenvalue weighted by Gasteiger charge is 2.32. The van der Waals surface area contributed by atoms with Gasteiger partial charge in [0.2, 0.25) is 5.89 Å². The summed E-state index contributed by atoms with van der Waals surface area (Å²) in [4.78, 5) is 4.54. The first-order valence-corrected chi connectivity index (χ1v) is 8.01. The number of nitrogens with zero attached hydrogens (tertiary/aromatic N) is 2. The maximum absolute atomic E-state index is 6.03. The van der Waals surface area contributed by atoms with Gasteiger partial charge in [-0.2, -0.15) is 4.98 Å². The summed E-state index contributed by atoms with van der Waals surface area (Å²) in [5, 5.41) is 4.16. The first kappa shape index (κ1) is 15.5. The van der Waals surface area contributed by atoms with Crippen molar-refractivity contribution in [3.63, 3.8) is 0 Å². The molecule has 0 bridgehead atoms. The second-order valence-electron chi connectivity index (χ2n) is 7.30. The third-order valence-corrected chi connectivity index (χ3v) is 4.69. The zero-order chi connectivity index (χ0) is 14.8. The molecule has 1 atom stereocenters. The van der Waals surface area contributed by atoms with Crippen LogP contribution < -0.4 is 5.73 Å². The summed E-state index contributed by atoms with van der Waals surface area (Å²) in [6.07, 6.45) is 6.81. The Morgan fingerprint density at radius 2 is 1.90 bits per heavy atom. The quantitative estimate of drug-likeness (QED) is 0.897. The molecule has 20 heavy (non-hydrogen) atoms. The highest BCUT2D eigenvalue weighted by atomic mass is 16.5. The fourth-order valence-corrected chi connectivity index (χ4v) is 3.22. The van der Waals surface area contributed by atoms with Crippen molar-refractivity contribution in [3.8, 4) is 0 Å². The molecule has 114 valence electrons. The third kappa shape index (κ3) is 3.60. The van der Waals surface area contributed by atoms with Crippen LogP contribution in [-0.2, 0) is 0 Å². The molecule has 1 aliphatic carbocycles. The fourth-order valence-electron chi connectivity index (χ4n) is 3.22. The summed E-state index contributed by atoms with van der Waals surface area (Å²) >= 11 is 0. The molecule has 0 amide bonds. The predicted molar refractivity (Wildman–Crippen MR) is 80.3 cm³/mol. The van der Waals surface area contributed by atoms with Crippen LogP contribution in [0.25, 0.3) is 0 Å². The van der Waals surface area contributed by atoms with Crippen LogP contribution in [0, 0.1) is 11.3 Å². The molecule has 1 heterocycles. The summed E-state index contributed by atoms with van der Waals surface area (Å²) in [6, 6.07) is -0.104. The molecule has 4 nitrogen and oxygen atoms in total. The lowest BCUT2D eigenvalue weighted by Crippen LogP contribution is -2.25. The monoisotopic (exact) mass is 279 g/mol. The molecule has 0 aliphatic heterocycles. The lowest BCUT2D eigenvalue weighted by molar-refractivity contribution is 0.166. The Hall–Kier alpha value is -0.900. The van der Waals surface area contributed by atoms with Gasteiger partial charge in [0, 0.05) is 5.92 Å². The van der Waals surface area contributed by atoms with Crippen LogP contribution in [-0.4, -0.2) is 10.1 Å².